The Bertz CT molecular complexity index is 407. The van der Waals surface area contributed by atoms with Gasteiger partial charge in [-0.25, -0.2) is 0 Å². The summed E-state index contributed by atoms with van der Waals surface area (Å²) in [6, 6.07) is 4.80. The lowest BCUT2D eigenvalue weighted by Gasteiger charge is -2.07. The fraction of sp³-hybridized carbons (Fsp3) is 0.273. The molecule has 78 valence electrons. The van der Waals surface area contributed by atoms with Gasteiger partial charge in [0.15, 0.2) is 5.75 Å². The second-order valence-corrected chi connectivity index (χ2v) is 2.98. The Labute approximate surface area is 88.0 Å². The first-order chi connectivity index (χ1) is 7.16. The molecular formula is C11H11NO3. The minimum atomic E-state index is -0.460. The highest BCUT2D eigenvalue weighted by molar-refractivity contribution is 5.51. The molecule has 0 aliphatic rings. The summed E-state index contributed by atoms with van der Waals surface area (Å²) in [6.07, 6.45) is 5.50. The topological polar surface area (TPSA) is 52.4 Å². The maximum Gasteiger partial charge on any atom is 0.311 e. The normalized spacial score (nSPS) is 9.33. The zero-order chi connectivity index (χ0) is 11.3. The number of nitro benzene ring substituents is 1. The molecule has 0 aromatic heterocycles. The zero-order valence-electron chi connectivity index (χ0n) is 8.40. The molecule has 0 aliphatic heterocycles. The zero-order valence-corrected chi connectivity index (χ0v) is 8.40. The summed E-state index contributed by atoms with van der Waals surface area (Å²) < 4.78 is 5.29. The Morgan fingerprint density at radius 1 is 1.60 bits per heavy atom. The molecule has 4 heteroatoms. The fourth-order valence-electron chi connectivity index (χ4n) is 1.18. The third-order valence-corrected chi connectivity index (χ3v) is 1.88. The molecule has 0 saturated heterocycles. The van der Waals surface area contributed by atoms with Gasteiger partial charge in [-0.2, -0.15) is 0 Å². The Morgan fingerprint density at radius 3 is 2.93 bits per heavy atom. The minimum absolute atomic E-state index is 0.0213. The maximum absolute atomic E-state index is 10.7. The molecule has 0 unspecified atom stereocenters. The second kappa shape index (κ2) is 5.01. The van der Waals surface area contributed by atoms with Crippen LogP contribution < -0.4 is 4.74 Å². The summed E-state index contributed by atoms with van der Waals surface area (Å²) in [7, 11) is 0. The van der Waals surface area contributed by atoms with E-state index in [-0.39, 0.29) is 5.69 Å². The largest absolute Gasteiger partial charge is 0.486 e. The van der Waals surface area contributed by atoms with Gasteiger partial charge < -0.3 is 4.74 Å². The van der Waals surface area contributed by atoms with Crippen LogP contribution in [0, 0.1) is 29.4 Å². The van der Waals surface area contributed by atoms with E-state index < -0.39 is 4.92 Å². The first-order valence-electron chi connectivity index (χ1n) is 4.47. The Morgan fingerprint density at radius 2 is 2.33 bits per heavy atom. The molecule has 0 fully saturated rings. The molecule has 0 aliphatic carbocycles. The molecule has 1 aromatic carbocycles. The number of aryl methyl sites for hydroxylation is 1. The van der Waals surface area contributed by atoms with Crippen molar-refractivity contribution in [3.63, 3.8) is 0 Å². The number of nitro groups is 1. The smallest absolute Gasteiger partial charge is 0.311 e. The van der Waals surface area contributed by atoms with Crippen LogP contribution >= 0.6 is 0 Å². The third kappa shape index (κ3) is 2.71. The van der Waals surface area contributed by atoms with E-state index >= 15 is 0 Å². The van der Waals surface area contributed by atoms with E-state index in [1.165, 1.54) is 6.07 Å². The number of ether oxygens (including phenoxy) is 1. The third-order valence-electron chi connectivity index (χ3n) is 1.88. The van der Waals surface area contributed by atoms with Crippen molar-refractivity contribution in [1.29, 1.82) is 0 Å². The molecule has 15 heavy (non-hydrogen) atoms. The number of hydrogen-bond acceptors (Lipinski definition) is 3. The van der Waals surface area contributed by atoms with E-state index in [0.717, 1.165) is 5.56 Å². The van der Waals surface area contributed by atoms with E-state index in [4.69, 9.17) is 11.2 Å². The molecule has 0 amide bonds. The molecule has 0 N–H and O–H groups in total. The quantitative estimate of drug-likeness (QED) is 0.328. The second-order valence-electron chi connectivity index (χ2n) is 2.98. The van der Waals surface area contributed by atoms with Gasteiger partial charge in [0.25, 0.3) is 0 Å². The van der Waals surface area contributed by atoms with Crippen LogP contribution in [0.15, 0.2) is 18.2 Å². The van der Waals surface area contributed by atoms with Crippen molar-refractivity contribution in [1.82, 2.24) is 0 Å². The Balaban J connectivity index is 2.93. The van der Waals surface area contributed by atoms with E-state index in [2.05, 4.69) is 5.92 Å². The van der Waals surface area contributed by atoms with Crippen LogP contribution in [0.1, 0.15) is 12.0 Å². The predicted molar refractivity (Wildman–Crippen MR) is 56.8 cm³/mol. The van der Waals surface area contributed by atoms with E-state index in [1.54, 1.807) is 19.1 Å². The number of benzene rings is 1. The Kier molecular flexibility index (Phi) is 3.69. The molecule has 0 heterocycles. The van der Waals surface area contributed by atoms with Crippen molar-refractivity contribution < 1.29 is 9.66 Å². The number of nitrogens with zero attached hydrogens (tertiary/aromatic N) is 1. The van der Waals surface area contributed by atoms with Gasteiger partial charge in [-0.3, -0.25) is 10.1 Å². The molecule has 1 rings (SSSR count). The van der Waals surface area contributed by atoms with Crippen LogP contribution in [0.25, 0.3) is 0 Å². The van der Waals surface area contributed by atoms with Crippen molar-refractivity contribution in [3.05, 3.63) is 33.9 Å². The summed E-state index contributed by atoms with van der Waals surface area (Å²) in [4.78, 5) is 10.2. The molecule has 4 nitrogen and oxygen atoms in total. The molecule has 1 aromatic rings. The lowest BCUT2D eigenvalue weighted by atomic mass is 10.2. The van der Waals surface area contributed by atoms with Gasteiger partial charge in [0.2, 0.25) is 0 Å². The van der Waals surface area contributed by atoms with Crippen LogP contribution in [0.2, 0.25) is 0 Å². The first kappa shape index (κ1) is 11.1. The standard InChI is InChI=1S/C11H11NO3/c1-3-4-8-15-11-9(2)6-5-7-10(11)12(13)14/h1,5-7H,4,8H2,2H3. The SMILES string of the molecule is C#CCCOc1c(C)cccc1[N+](=O)[O-]. The van der Waals surface area contributed by atoms with Gasteiger partial charge in [-0.1, -0.05) is 12.1 Å². The highest BCUT2D eigenvalue weighted by Crippen LogP contribution is 2.30. The summed E-state index contributed by atoms with van der Waals surface area (Å²) in [5.41, 5.74) is 0.716. The summed E-state index contributed by atoms with van der Waals surface area (Å²) in [6.45, 7) is 2.06. The van der Waals surface area contributed by atoms with E-state index in [9.17, 15) is 10.1 Å². The predicted octanol–water partition coefficient (Wildman–Crippen LogP) is 2.31. The summed E-state index contributed by atoms with van der Waals surface area (Å²) in [5.74, 6) is 2.71. The van der Waals surface area contributed by atoms with Gasteiger partial charge >= 0.3 is 5.69 Å². The van der Waals surface area contributed by atoms with Gasteiger partial charge in [-0.15, -0.1) is 12.3 Å². The number of rotatable bonds is 4. The average molecular weight is 205 g/mol. The highest BCUT2D eigenvalue weighted by Gasteiger charge is 2.16. The summed E-state index contributed by atoms with van der Waals surface area (Å²) in [5, 5.41) is 10.7. The van der Waals surface area contributed by atoms with Crippen molar-refractivity contribution >= 4 is 5.69 Å². The van der Waals surface area contributed by atoms with Gasteiger partial charge in [0.05, 0.1) is 11.5 Å². The first-order valence-corrected chi connectivity index (χ1v) is 4.47. The van der Waals surface area contributed by atoms with Crippen LogP contribution in [0.5, 0.6) is 5.75 Å². The molecule has 0 saturated carbocycles. The van der Waals surface area contributed by atoms with Gasteiger partial charge in [-0.05, 0) is 12.5 Å². The maximum atomic E-state index is 10.7. The number of para-hydroxylation sites is 1. The monoisotopic (exact) mass is 205 g/mol. The van der Waals surface area contributed by atoms with Crippen LogP contribution in [-0.2, 0) is 0 Å². The molecule has 0 radical (unpaired) electrons. The van der Waals surface area contributed by atoms with Crippen LogP contribution in [-0.4, -0.2) is 11.5 Å². The molecule has 0 spiro atoms. The Hall–Kier alpha value is -2.02. The van der Waals surface area contributed by atoms with Crippen molar-refractivity contribution in [2.75, 3.05) is 6.61 Å². The fourth-order valence-corrected chi connectivity index (χ4v) is 1.18. The molecular weight excluding hydrogens is 194 g/mol. The van der Waals surface area contributed by atoms with Crippen molar-refractivity contribution in [2.45, 2.75) is 13.3 Å². The van der Waals surface area contributed by atoms with Crippen LogP contribution in [0.3, 0.4) is 0 Å². The van der Waals surface area contributed by atoms with Gasteiger partial charge in [0.1, 0.15) is 0 Å². The number of hydrogen-bond donors (Lipinski definition) is 0. The van der Waals surface area contributed by atoms with Crippen molar-refractivity contribution in [3.8, 4) is 18.1 Å². The van der Waals surface area contributed by atoms with E-state index in [0.29, 0.717) is 18.8 Å². The van der Waals surface area contributed by atoms with E-state index in [1.807, 2.05) is 0 Å². The number of terminal acetylenes is 1. The van der Waals surface area contributed by atoms with Crippen LogP contribution in [0.4, 0.5) is 5.69 Å². The minimum Gasteiger partial charge on any atom is -0.486 e. The van der Waals surface area contributed by atoms with Gasteiger partial charge in [0, 0.05) is 12.5 Å². The van der Waals surface area contributed by atoms with Crippen molar-refractivity contribution in [2.24, 2.45) is 0 Å². The average Bonchev–Trinajstić information content (AvgIpc) is 2.20. The highest BCUT2D eigenvalue weighted by atomic mass is 16.6. The molecule has 0 bridgehead atoms. The lowest BCUT2D eigenvalue weighted by molar-refractivity contribution is -0.385. The summed E-state index contributed by atoms with van der Waals surface area (Å²) >= 11 is 0. The lowest BCUT2D eigenvalue weighted by Crippen LogP contribution is -2.01. The molecule has 0 atom stereocenters.